The van der Waals surface area contributed by atoms with Crippen LogP contribution in [0.5, 0.6) is 17.2 Å². The molecule has 0 radical (unpaired) electrons. The number of phenolic OH excluding ortho intramolecular Hbond substituents is 1. The fourth-order valence-corrected chi connectivity index (χ4v) is 4.29. The zero-order valence-electron chi connectivity index (χ0n) is 18.4. The SMILES string of the molecule is CCCCCCOc1ccc(OC2CCN(c3cccc4c(O)cccc34)CC2)cc1. The van der Waals surface area contributed by atoms with Crippen LogP contribution in [0.3, 0.4) is 0 Å². The molecule has 1 aliphatic rings. The van der Waals surface area contributed by atoms with Crippen molar-refractivity contribution in [3.63, 3.8) is 0 Å². The number of hydrogen-bond donors (Lipinski definition) is 1. The molecular weight excluding hydrogens is 386 g/mol. The minimum absolute atomic E-state index is 0.223. The number of piperidine rings is 1. The van der Waals surface area contributed by atoms with Crippen molar-refractivity contribution in [1.29, 1.82) is 0 Å². The number of phenols is 1. The Morgan fingerprint density at radius 1 is 0.839 bits per heavy atom. The molecule has 0 atom stereocenters. The molecule has 1 saturated heterocycles. The van der Waals surface area contributed by atoms with Crippen molar-refractivity contribution in [2.75, 3.05) is 24.6 Å². The second-order valence-electron chi connectivity index (χ2n) is 8.33. The van der Waals surface area contributed by atoms with Gasteiger partial charge < -0.3 is 19.5 Å². The molecule has 4 heteroatoms. The molecule has 4 nitrogen and oxygen atoms in total. The van der Waals surface area contributed by atoms with Crippen molar-refractivity contribution >= 4 is 16.5 Å². The van der Waals surface area contributed by atoms with Crippen molar-refractivity contribution in [2.45, 2.75) is 51.6 Å². The largest absolute Gasteiger partial charge is 0.507 e. The topological polar surface area (TPSA) is 41.9 Å². The zero-order valence-corrected chi connectivity index (χ0v) is 18.4. The lowest BCUT2D eigenvalue weighted by Gasteiger charge is -2.34. The quantitative estimate of drug-likeness (QED) is 0.399. The number of unbranched alkanes of at least 4 members (excludes halogenated alkanes) is 3. The molecule has 1 fully saturated rings. The van der Waals surface area contributed by atoms with E-state index in [1.807, 2.05) is 42.5 Å². The molecule has 1 N–H and O–H groups in total. The highest BCUT2D eigenvalue weighted by Gasteiger charge is 2.22. The number of ether oxygens (including phenoxy) is 2. The first-order valence-corrected chi connectivity index (χ1v) is 11.6. The van der Waals surface area contributed by atoms with Crippen LogP contribution in [0.4, 0.5) is 5.69 Å². The molecule has 164 valence electrons. The summed E-state index contributed by atoms with van der Waals surface area (Å²) in [5, 5.41) is 12.2. The van der Waals surface area contributed by atoms with E-state index >= 15 is 0 Å². The van der Waals surface area contributed by atoms with E-state index in [4.69, 9.17) is 9.47 Å². The van der Waals surface area contributed by atoms with Gasteiger partial charge in [0, 0.05) is 42.4 Å². The lowest BCUT2D eigenvalue weighted by Crippen LogP contribution is -2.38. The van der Waals surface area contributed by atoms with Crippen LogP contribution in [0, 0.1) is 0 Å². The lowest BCUT2D eigenvalue weighted by atomic mass is 10.0. The molecule has 0 bridgehead atoms. The van der Waals surface area contributed by atoms with Crippen molar-refractivity contribution in [3.8, 4) is 17.2 Å². The highest BCUT2D eigenvalue weighted by molar-refractivity contribution is 5.97. The summed E-state index contributed by atoms with van der Waals surface area (Å²) < 4.78 is 12.1. The Hall–Kier alpha value is -2.88. The van der Waals surface area contributed by atoms with Crippen molar-refractivity contribution in [3.05, 3.63) is 60.7 Å². The Bertz CT molecular complexity index is 962. The summed E-state index contributed by atoms with van der Waals surface area (Å²) in [6.07, 6.45) is 7.04. The van der Waals surface area contributed by atoms with Gasteiger partial charge in [-0.3, -0.25) is 0 Å². The van der Waals surface area contributed by atoms with Crippen molar-refractivity contribution in [2.24, 2.45) is 0 Å². The Balaban J connectivity index is 1.28. The van der Waals surface area contributed by atoms with Crippen LogP contribution in [0.15, 0.2) is 60.7 Å². The third-order valence-electron chi connectivity index (χ3n) is 6.05. The predicted molar refractivity (Wildman–Crippen MR) is 128 cm³/mol. The molecule has 0 unspecified atom stereocenters. The van der Waals surface area contributed by atoms with Crippen LogP contribution in [-0.4, -0.2) is 30.9 Å². The fraction of sp³-hybridized carbons (Fsp3) is 0.407. The van der Waals surface area contributed by atoms with Gasteiger partial charge in [-0.2, -0.15) is 0 Å². The van der Waals surface area contributed by atoms with E-state index in [2.05, 4.69) is 24.0 Å². The van der Waals surface area contributed by atoms with Gasteiger partial charge in [0.1, 0.15) is 23.4 Å². The first-order chi connectivity index (χ1) is 15.2. The second kappa shape index (κ2) is 10.4. The number of benzene rings is 3. The first-order valence-electron chi connectivity index (χ1n) is 11.6. The molecule has 1 aliphatic heterocycles. The summed E-state index contributed by atoms with van der Waals surface area (Å²) in [6.45, 7) is 4.89. The molecule has 1 heterocycles. The van der Waals surface area contributed by atoms with Gasteiger partial charge in [-0.05, 0) is 42.8 Å². The number of hydrogen-bond acceptors (Lipinski definition) is 4. The minimum atomic E-state index is 0.223. The van der Waals surface area contributed by atoms with E-state index in [-0.39, 0.29) is 6.10 Å². The van der Waals surface area contributed by atoms with E-state index in [1.54, 1.807) is 6.07 Å². The molecule has 0 amide bonds. The van der Waals surface area contributed by atoms with E-state index in [0.717, 1.165) is 61.2 Å². The Morgan fingerprint density at radius 3 is 2.32 bits per heavy atom. The fourth-order valence-electron chi connectivity index (χ4n) is 4.29. The number of aromatic hydroxyl groups is 1. The summed E-state index contributed by atoms with van der Waals surface area (Å²) >= 11 is 0. The Morgan fingerprint density at radius 2 is 1.55 bits per heavy atom. The average Bonchev–Trinajstić information content (AvgIpc) is 2.81. The highest BCUT2D eigenvalue weighted by Crippen LogP contribution is 2.33. The molecule has 4 rings (SSSR count). The van der Waals surface area contributed by atoms with Gasteiger partial charge in [0.25, 0.3) is 0 Å². The Kier molecular flexibility index (Phi) is 7.18. The van der Waals surface area contributed by atoms with Crippen LogP contribution in [0.25, 0.3) is 10.8 Å². The van der Waals surface area contributed by atoms with Crippen molar-refractivity contribution < 1.29 is 14.6 Å². The zero-order chi connectivity index (χ0) is 21.5. The van der Waals surface area contributed by atoms with Gasteiger partial charge in [-0.1, -0.05) is 50.5 Å². The summed E-state index contributed by atoms with van der Waals surface area (Å²) in [7, 11) is 0. The van der Waals surface area contributed by atoms with E-state index < -0.39 is 0 Å². The summed E-state index contributed by atoms with van der Waals surface area (Å²) in [5.74, 6) is 2.16. The molecule has 3 aromatic carbocycles. The summed E-state index contributed by atoms with van der Waals surface area (Å²) in [6, 6.07) is 19.9. The maximum absolute atomic E-state index is 10.2. The molecule has 0 aromatic heterocycles. The number of anilines is 1. The van der Waals surface area contributed by atoms with Crippen LogP contribution < -0.4 is 14.4 Å². The first kappa shape index (κ1) is 21.4. The summed E-state index contributed by atoms with van der Waals surface area (Å²) in [5.41, 5.74) is 1.19. The molecule has 0 saturated carbocycles. The van der Waals surface area contributed by atoms with Gasteiger partial charge >= 0.3 is 0 Å². The lowest BCUT2D eigenvalue weighted by molar-refractivity contribution is 0.171. The second-order valence-corrected chi connectivity index (χ2v) is 8.33. The van der Waals surface area contributed by atoms with E-state index in [9.17, 15) is 5.11 Å². The standard InChI is InChI=1S/C27H33NO3/c1-2-3-4-5-20-30-21-12-14-22(15-13-21)31-23-16-18-28(19-17-23)26-10-6-9-25-24(26)8-7-11-27(25)29/h6-15,23,29H,2-5,16-20H2,1H3. The normalized spacial score (nSPS) is 14.7. The van der Waals surface area contributed by atoms with Gasteiger partial charge in [-0.25, -0.2) is 0 Å². The van der Waals surface area contributed by atoms with E-state index in [0.29, 0.717) is 5.75 Å². The molecule has 0 aliphatic carbocycles. The molecule has 31 heavy (non-hydrogen) atoms. The van der Waals surface area contributed by atoms with Crippen LogP contribution in [0.2, 0.25) is 0 Å². The van der Waals surface area contributed by atoms with Gasteiger partial charge in [0.05, 0.1) is 6.61 Å². The smallest absolute Gasteiger partial charge is 0.123 e. The average molecular weight is 420 g/mol. The monoisotopic (exact) mass is 419 g/mol. The number of nitrogens with zero attached hydrogens (tertiary/aromatic N) is 1. The minimum Gasteiger partial charge on any atom is -0.507 e. The molecule has 3 aromatic rings. The third-order valence-corrected chi connectivity index (χ3v) is 6.05. The number of fused-ring (bicyclic) bond motifs is 1. The van der Waals surface area contributed by atoms with Gasteiger partial charge in [0.2, 0.25) is 0 Å². The van der Waals surface area contributed by atoms with Gasteiger partial charge in [-0.15, -0.1) is 0 Å². The summed E-state index contributed by atoms with van der Waals surface area (Å²) in [4.78, 5) is 2.40. The predicted octanol–water partition coefficient (Wildman–Crippen LogP) is 6.55. The van der Waals surface area contributed by atoms with Gasteiger partial charge in [0.15, 0.2) is 0 Å². The molecule has 0 spiro atoms. The highest BCUT2D eigenvalue weighted by atomic mass is 16.5. The third kappa shape index (κ3) is 5.43. The van der Waals surface area contributed by atoms with E-state index in [1.165, 1.54) is 24.9 Å². The number of rotatable bonds is 9. The van der Waals surface area contributed by atoms with Crippen LogP contribution in [-0.2, 0) is 0 Å². The van der Waals surface area contributed by atoms with Crippen LogP contribution in [0.1, 0.15) is 45.4 Å². The maximum atomic E-state index is 10.2. The Labute approximate surface area is 185 Å². The van der Waals surface area contributed by atoms with Crippen molar-refractivity contribution in [1.82, 2.24) is 0 Å². The maximum Gasteiger partial charge on any atom is 0.123 e. The van der Waals surface area contributed by atoms with Crippen LogP contribution >= 0.6 is 0 Å². The molecular formula is C27H33NO3.